The number of aliphatic carboxylic acids is 1. The molecule has 8 nitrogen and oxygen atoms in total. The van der Waals surface area contributed by atoms with Crippen molar-refractivity contribution in [2.45, 2.75) is 12.5 Å². The average molecular weight is 292 g/mol. The van der Waals surface area contributed by atoms with Gasteiger partial charge in [0.05, 0.1) is 0 Å². The van der Waals surface area contributed by atoms with Crippen LogP contribution in [0.15, 0.2) is 24.4 Å². The molecule has 1 atom stereocenters. The number of aromatic nitrogens is 1. The first kappa shape index (κ1) is 14.8. The molecule has 1 unspecified atom stereocenters. The Bertz CT molecular complexity index is 534. The molecular weight excluding hydrogens is 276 g/mol. The number of pyridine rings is 1. The predicted octanol–water partition coefficient (Wildman–Crippen LogP) is -0.781. The molecule has 1 saturated heterocycles. The van der Waals surface area contributed by atoms with E-state index in [0.717, 1.165) is 10.6 Å². The van der Waals surface area contributed by atoms with Crippen LogP contribution in [0.1, 0.15) is 5.69 Å². The number of rotatable bonds is 4. The maximum Gasteiger partial charge on any atom is 0.328 e. The Balaban J connectivity index is 1.88. The molecule has 112 valence electrons. The van der Waals surface area contributed by atoms with Crippen LogP contribution in [0.25, 0.3) is 0 Å². The highest BCUT2D eigenvalue weighted by Gasteiger charge is 2.34. The zero-order chi connectivity index (χ0) is 15.2. The summed E-state index contributed by atoms with van der Waals surface area (Å²) in [7, 11) is 0. The number of hydrogen-bond donors (Lipinski definition) is 3. The first-order chi connectivity index (χ1) is 10.1. The Morgan fingerprint density at radius 2 is 2.29 bits per heavy atom. The fourth-order valence-electron chi connectivity index (χ4n) is 2.02. The van der Waals surface area contributed by atoms with Gasteiger partial charge in [-0.3, -0.25) is 14.7 Å². The summed E-state index contributed by atoms with van der Waals surface area (Å²) in [6.45, 7) is -0.0193. The zero-order valence-corrected chi connectivity index (χ0v) is 11.3. The largest absolute Gasteiger partial charge is 0.480 e. The third-order valence-electron chi connectivity index (χ3n) is 3.11. The van der Waals surface area contributed by atoms with Crippen molar-refractivity contribution in [1.82, 2.24) is 20.5 Å². The third-order valence-corrected chi connectivity index (χ3v) is 3.11. The van der Waals surface area contributed by atoms with Crippen LogP contribution >= 0.6 is 0 Å². The Morgan fingerprint density at radius 1 is 1.48 bits per heavy atom. The molecule has 0 radical (unpaired) electrons. The molecule has 3 N–H and O–H groups in total. The van der Waals surface area contributed by atoms with Crippen LogP contribution in [-0.2, 0) is 16.0 Å². The standard InChI is InChI=1S/C13H16N4O4/c18-11-8-17(10(7-16-11)12(19)20)13(21)15-6-4-9-3-1-2-5-14-9/h1-3,5,10H,4,6-8H2,(H,15,21)(H,16,18)(H,19,20). The minimum Gasteiger partial charge on any atom is -0.480 e. The number of nitrogens with one attached hydrogen (secondary N) is 2. The molecule has 8 heteroatoms. The summed E-state index contributed by atoms with van der Waals surface area (Å²) < 4.78 is 0. The summed E-state index contributed by atoms with van der Waals surface area (Å²) in [4.78, 5) is 39.5. The molecule has 0 saturated carbocycles. The second-order valence-electron chi connectivity index (χ2n) is 4.59. The van der Waals surface area contributed by atoms with E-state index in [4.69, 9.17) is 5.11 Å². The SMILES string of the molecule is O=C1CN(C(=O)NCCc2ccccn2)C(C(=O)O)CN1. The smallest absolute Gasteiger partial charge is 0.328 e. The van der Waals surface area contributed by atoms with Crippen molar-refractivity contribution < 1.29 is 19.5 Å². The lowest BCUT2D eigenvalue weighted by molar-refractivity contribution is -0.144. The normalized spacial score (nSPS) is 18.0. The van der Waals surface area contributed by atoms with Crippen LogP contribution in [0.5, 0.6) is 0 Å². The van der Waals surface area contributed by atoms with Gasteiger partial charge >= 0.3 is 12.0 Å². The van der Waals surface area contributed by atoms with Crippen LogP contribution in [0.3, 0.4) is 0 Å². The van der Waals surface area contributed by atoms with Gasteiger partial charge in [0, 0.05) is 31.4 Å². The Labute approximate surface area is 121 Å². The molecule has 3 amide bonds. The van der Waals surface area contributed by atoms with E-state index in [1.807, 2.05) is 12.1 Å². The van der Waals surface area contributed by atoms with E-state index in [1.54, 1.807) is 12.3 Å². The topological polar surface area (TPSA) is 112 Å². The highest BCUT2D eigenvalue weighted by Crippen LogP contribution is 2.05. The van der Waals surface area contributed by atoms with Crippen molar-refractivity contribution in [2.75, 3.05) is 19.6 Å². The van der Waals surface area contributed by atoms with E-state index in [-0.39, 0.29) is 19.0 Å². The van der Waals surface area contributed by atoms with Crippen molar-refractivity contribution in [3.05, 3.63) is 30.1 Å². The molecule has 1 fully saturated rings. The van der Waals surface area contributed by atoms with Crippen molar-refractivity contribution in [2.24, 2.45) is 0 Å². The van der Waals surface area contributed by atoms with E-state index in [2.05, 4.69) is 15.6 Å². The minimum absolute atomic E-state index is 0.0815. The number of carboxylic acid groups (broad SMARTS) is 1. The van der Waals surface area contributed by atoms with Crippen LogP contribution in [0.2, 0.25) is 0 Å². The number of amides is 3. The molecule has 0 spiro atoms. The van der Waals surface area contributed by atoms with Gasteiger partial charge in [0.15, 0.2) is 0 Å². The summed E-state index contributed by atoms with van der Waals surface area (Å²) in [5, 5.41) is 14.1. The van der Waals surface area contributed by atoms with Crippen molar-refractivity contribution in [3.8, 4) is 0 Å². The first-order valence-electron chi connectivity index (χ1n) is 6.52. The summed E-state index contributed by atoms with van der Waals surface area (Å²) in [5.74, 6) is -1.51. The molecule has 21 heavy (non-hydrogen) atoms. The number of nitrogens with zero attached hydrogens (tertiary/aromatic N) is 2. The number of urea groups is 1. The van der Waals surface area contributed by atoms with Crippen molar-refractivity contribution >= 4 is 17.9 Å². The Hall–Kier alpha value is -2.64. The predicted molar refractivity (Wildman–Crippen MR) is 72.5 cm³/mol. The molecule has 0 bridgehead atoms. The number of hydrogen-bond acceptors (Lipinski definition) is 4. The summed E-state index contributed by atoms with van der Waals surface area (Å²) >= 11 is 0. The first-order valence-corrected chi connectivity index (χ1v) is 6.52. The number of carbonyl (C=O) groups excluding carboxylic acids is 2. The molecule has 1 aliphatic rings. The van der Waals surface area contributed by atoms with Gasteiger partial charge in [-0.1, -0.05) is 6.07 Å². The molecule has 2 heterocycles. The quantitative estimate of drug-likeness (QED) is 0.674. The van der Waals surface area contributed by atoms with Gasteiger partial charge in [-0.2, -0.15) is 0 Å². The second kappa shape index (κ2) is 6.69. The van der Waals surface area contributed by atoms with Crippen molar-refractivity contribution in [1.29, 1.82) is 0 Å². The van der Waals surface area contributed by atoms with Gasteiger partial charge in [-0.15, -0.1) is 0 Å². The molecule has 1 aromatic rings. The minimum atomic E-state index is -1.14. The van der Waals surface area contributed by atoms with E-state index < -0.39 is 18.0 Å². The fraction of sp³-hybridized carbons (Fsp3) is 0.385. The molecular formula is C13H16N4O4. The van der Waals surface area contributed by atoms with Crippen LogP contribution in [0, 0.1) is 0 Å². The van der Waals surface area contributed by atoms with Gasteiger partial charge in [-0.25, -0.2) is 9.59 Å². The Kier molecular flexibility index (Phi) is 4.70. The van der Waals surface area contributed by atoms with Crippen LogP contribution in [-0.4, -0.2) is 58.6 Å². The van der Waals surface area contributed by atoms with E-state index in [9.17, 15) is 14.4 Å². The van der Waals surface area contributed by atoms with Crippen molar-refractivity contribution in [3.63, 3.8) is 0 Å². The second-order valence-corrected chi connectivity index (χ2v) is 4.59. The van der Waals surface area contributed by atoms with E-state index in [0.29, 0.717) is 13.0 Å². The van der Waals surface area contributed by atoms with Gasteiger partial charge in [0.25, 0.3) is 0 Å². The molecule has 0 aromatic carbocycles. The molecule has 1 aromatic heterocycles. The maximum absolute atomic E-state index is 12.0. The molecule has 1 aliphatic heterocycles. The molecule has 0 aliphatic carbocycles. The lowest BCUT2D eigenvalue weighted by Gasteiger charge is -2.32. The lowest BCUT2D eigenvalue weighted by atomic mass is 10.2. The number of piperazine rings is 1. The average Bonchev–Trinajstić information content (AvgIpc) is 2.47. The van der Waals surface area contributed by atoms with Gasteiger partial charge in [0.1, 0.15) is 12.6 Å². The molecule has 2 rings (SSSR count). The third kappa shape index (κ3) is 3.91. The van der Waals surface area contributed by atoms with Gasteiger partial charge < -0.3 is 15.7 Å². The summed E-state index contributed by atoms with van der Waals surface area (Å²) in [5.41, 5.74) is 0.823. The van der Waals surface area contributed by atoms with E-state index >= 15 is 0 Å². The monoisotopic (exact) mass is 292 g/mol. The number of carboxylic acids is 1. The summed E-state index contributed by atoms with van der Waals surface area (Å²) in [6, 6.07) is 3.87. The van der Waals surface area contributed by atoms with Crippen LogP contribution in [0.4, 0.5) is 4.79 Å². The highest BCUT2D eigenvalue weighted by molar-refractivity contribution is 5.90. The van der Waals surface area contributed by atoms with E-state index in [1.165, 1.54) is 0 Å². The number of carbonyl (C=O) groups is 3. The maximum atomic E-state index is 12.0. The zero-order valence-electron chi connectivity index (χ0n) is 11.3. The van der Waals surface area contributed by atoms with Gasteiger partial charge in [0.2, 0.25) is 5.91 Å². The fourth-order valence-corrected chi connectivity index (χ4v) is 2.02. The Morgan fingerprint density at radius 3 is 2.95 bits per heavy atom. The summed E-state index contributed by atoms with van der Waals surface area (Å²) in [6.07, 6.45) is 2.19. The highest BCUT2D eigenvalue weighted by atomic mass is 16.4. The lowest BCUT2D eigenvalue weighted by Crippen LogP contribution is -2.61. The van der Waals surface area contributed by atoms with Gasteiger partial charge in [-0.05, 0) is 12.1 Å². The van der Waals surface area contributed by atoms with Crippen LogP contribution < -0.4 is 10.6 Å².